The average Bonchev–Trinajstić information content (AvgIpc) is 2.36. The number of aromatic nitrogens is 2. The molecule has 1 rings (SSSR count). The predicted octanol–water partition coefficient (Wildman–Crippen LogP) is 0.912. The van der Waals surface area contributed by atoms with Crippen LogP contribution in [0.2, 0.25) is 0 Å². The highest BCUT2D eigenvalue weighted by atomic mass is 16.4. The SMILES string of the molecule is Cc1nccn1C[C@H](C)C(=O)O. The van der Waals surface area contributed by atoms with E-state index in [0.717, 1.165) is 5.82 Å². The van der Waals surface area contributed by atoms with E-state index in [9.17, 15) is 4.79 Å². The maximum absolute atomic E-state index is 10.5. The summed E-state index contributed by atoms with van der Waals surface area (Å²) in [4.78, 5) is 14.5. The van der Waals surface area contributed by atoms with Crippen LogP contribution in [0.3, 0.4) is 0 Å². The van der Waals surface area contributed by atoms with Crippen LogP contribution in [0, 0.1) is 12.8 Å². The molecular weight excluding hydrogens is 156 g/mol. The minimum Gasteiger partial charge on any atom is -0.481 e. The first-order valence-corrected chi connectivity index (χ1v) is 3.82. The number of aliphatic carboxylic acids is 1. The third-order valence-corrected chi connectivity index (χ3v) is 1.82. The number of carbonyl (C=O) groups is 1. The summed E-state index contributed by atoms with van der Waals surface area (Å²) in [6, 6.07) is 0. The highest BCUT2D eigenvalue weighted by Gasteiger charge is 2.11. The van der Waals surface area contributed by atoms with Crippen LogP contribution in [0.5, 0.6) is 0 Å². The van der Waals surface area contributed by atoms with Crippen LogP contribution in [0.4, 0.5) is 0 Å². The van der Waals surface area contributed by atoms with Crippen molar-refractivity contribution in [3.63, 3.8) is 0 Å². The molecule has 0 saturated carbocycles. The largest absolute Gasteiger partial charge is 0.481 e. The Labute approximate surface area is 70.9 Å². The Morgan fingerprint density at radius 2 is 2.50 bits per heavy atom. The van der Waals surface area contributed by atoms with E-state index in [2.05, 4.69) is 4.98 Å². The van der Waals surface area contributed by atoms with Crippen molar-refractivity contribution in [1.82, 2.24) is 9.55 Å². The van der Waals surface area contributed by atoms with Crippen LogP contribution in [0.15, 0.2) is 12.4 Å². The molecule has 0 amide bonds. The van der Waals surface area contributed by atoms with Gasteiger partial charge in [0.2, 0.25) is 0 Å². The maximum Gasteiger partial charge on any atom is 0.308 e. The number of carboxylic acids is 1. The van der Waals surface area contributed by atoms with Crippen molar-refractivity contribution in [1.29, 1.82) is 0 Å². The molecule has 0 saturated heterocycles. The Morgan fingerprint density at radius 1 is 1.83 bits per heavy atom. The minimum atomic E-state index is -0.775. The summed E-state index contributed by atoms with van der Waals surface area (Å²) in [5.41, 5.74) is 0. The van der Waals surface area contributed by atoms with Crippen molar-refractivity contribution in [3.05, 3.63) is 18.2 Å². The van der Waals surface area contributed by atoms with Crippen molar-refractivity contribution in [3.8, 4) is 0 Å². The lowest BCUT2D eigenvalue weighted by atomic mass is 10.2. The van der Waals surface area contributed by atoms with Gasteiger partial charge < -0.3 is 9.67 Å². The molecule has 66 valence electrons. The summed E-state index contributed by atoms with van der Waals surface area (Å²) >= 11 is 0. The van der Waals surface area contributed by atoms with E-state index in [4.69, 9.17) is 5.11 Å². The second-order valence-electron chi connectivity index (χ2n) is 2.87. The smallest absolute Gasteiger partial charge is 0.308 e. The van der Waals surface area contributed by atoms with Crippen molar-refractivity contribution in [2.45, 2.75) is 20.4 Å². The fraction of sp³-hybridized carbons (Fsp3) is 0.500. The van der Waals surface area contributed by atoms with Gasteiger partial charge in [-0.3, -0.25) is 4.79 Å². The second kappa shape index (κ2) is 3.38. The van der Waals surface area contributed by atoms with Gasteiger partial charge in [0.25, 0.3) is 0 Å². The molecule has 0 fully saturated rings. The van der Waals surface area contributed by atoms with Crippen LogP contribution in [-0.2, 0) is 11.3 Å². The fourth-order valence-electron chi connectivity index (χ4n) is 0.970. The Bertz CT molecular complexity index is 280. The highest BCUT2D eigenvalue weighted by Crippen LogP contribution is 2.03. The minimum absolute atomic E-state index is 0.363. The Balaban J connectivity index is 2.64. The van der Waals surface area contributed by atoms with Crippen LogP contribution in [0.25, 0.3) is 0 Å². The Hall–Kier alpha value is -1.32. The molecular formula is C8H12N2O2. The van der Waals surface area contributed by atoms with Gasteiger partial charge in [-0.2, -0.15) is 0 Å². The molecule has 0 unspecified atom stereocenters. The summed E-state index contributed by atoms with van der Waals surface area (Å²) in [6.45, 7) is 4.03. The topological polar surface area (TPSA) is 55.1 Å². The molecule has 4 heteroatoms. The van der Waals surface area contributed by atoms with E-state index in [1.165, 1.54) is 0 Å². The van der Waals surface area contributed by atoms with Gasteiger partial charge in [0.05, 0.1) is 5.92 Å². The zero-order valence-corrected chi connectivity index (χ0v) is 7.19. The van der Waals surface area contributed by atoms with Crippen molar-refractivity contribution in [2.75, 3.05) is 0 Å². The normalized spacial score (nSPS) is 12.8. The van der Waals surface area contributed by atoms with Gasteiger partial charge in [0, 0.05) is 18.9 Å². The first-order chi connectivity index (χ1) is 5.61. The molecule has 1 heterocycles. The summed E-state index contributed by atoms with van der Waals surface area (Å²) in [5.74, 6) is -0.288. The Morgan fingerprint density at radius 3 is 2.92 bits per heavy atom. The van der Waals surface area contributed by atoms with Gasteiger partial charge in [0.15, 0.2) is 0 Å². The summed E-state index contributed by atoms with van der Waals surface area (Å²) in [7, 11) is 0. The number of imidazole rings is 1. The molecule has 0 spiro atoms. The molecule has 4 nitrogen and oxygen atoms in total. The van der Waals surface area contributed by atoms with Gasteiger partial charge in [-0.15, -0.1) is 0 Å². The maximum atomic E-state index is 10.5. The molecule has 1 aromatic heterocycles. The predicted molar refractivity (Wildman–Crippen MR) is 43.8 cm³/mol. The molecule has 0 aliphatic carbocycles. The number of hydrogen-bond acceptors (Lipinski definition) is 2. The molecule has 0 aliphatic rings. The molecule has 0 aromatic carbocycles. The Kier molecular flexibility index (Phi) is 2.47. The lowest BCUT2D eigenvalue weighted by Crippen LogP contribution is -2.16. The van der Waals surface area contributed by atoms with Crippen molar-refractivity contribution in [2.24, 2.45) is 5.92 Å². The monoisotopic (exact) mass is 168 g/mol. The first kappa shape index (κ1) is 8.77. The van der Waals surface area contributed by atoms with E-state index in [-0.39, 0.29) is 5.92 Å². The molecule has 1 atom stereocenters. The molecule has 0 aliphatic heterocycles. The van der Waals surface area contributed by atoms with E-state index in [1.54, 1.807) is 19.3 Å². The van der Waals surface area contributed by atoms with Gasteiger partial charge in [-0.1, -0.05) is 6.92 Å². The first-order valence-electron chi connectivity index (χ1n) is 3.82. The summed E-state index contributed by atoms with van der Waals surface area (Å²) in [6.07, 6.45) is 3.46. The number of carboxylic acid groups (broad SMARTS) is 1. The van der Waals surface area contributed by atoms with Gasteiger partial charge >= 0.3 is 5.97 Å². The lowest BCUT2D eigenvalue weighted by Gasteiger charge is -2.07. The number of aryl methyl sites for hydroxylation is 1. The molecule has 0 radical (unpaired) electrons. The quantitative estimate of drug-likeness (QED) is 0.729. The van der Waals surface area contributed by atoms with Crippen LogP contribution >= 0.6 is 0 Å². The van der Waals surface area contributed by atoms with Crippen LogP contribution in [0.1, 0.15) is 12.7 Å². The van der Waals surface area contributed by atoms with E-state index in [1.807, 2.05) is 11.5 Å². The summed E-state index contributed by atoms with van der Waals surface area (Å²) < 4.78 is 1.83. The van der Waals surface area contributed by atoms with E-state index < -0.39 is 5.97 Å². The van der Waals surface area contributed by atoms with Gasteiger partial charge in [0.1, 0.15) is 5.82 Å². The third-order valence-electron chi connectivity index (χ3n) is 1.82. The second-order valence-corrected chi connectivity index (χ2v) is 2.87. The highest BCUT2D eigenvalue weighted by molar-refractivity contribution is 5.69. The zero-order valence-electron chi connectivity index (χ0n) is 7.19. The molecule has 1 N–H and O–H groups in total. The van der Waals surface area contributed by atoms with Crippen LogP contribution < -0.4 is 0 Å². The molecule has 1 aromatic rings. The third kappa shape index (κ3) is 1.84. The molecule has 12 heavy (non-hydrogen) atoms. The van der Waals surface area contributed by atoms with E-state index >= 15 is 0 Å². The average molecular weight is 168 g/mol. The summed E-state index contributed by atoms with van der Waals surface area (Å²) in [5, 5.41) is 8.64. The number of rotatable bonds is 3. The van der Waals surface area contributed by atoms with Gasteiger partial charge in [-0.25, -0.2) is 4.98 Å². The van der Waals surface area contributed by atoms with Gasteiger partial charge in [-0.05, 0) is 6.92 Å². The van der Waals surface area contributed by atoms with Crippen LogP contribution in [-0.4, -0.2) is 20.6 Å². The lowest BCUT2D eigenvalue weighted by molar-refractivity contribution is -0.141. The zero-order chi connectivity index (χ0) is 9.14. The van der Waals surface area contributed by atoms with Crippen molar-refractivity contribution >= 4 is 5.97 Å². The number of hydrogen-bond donors (Lipinski definition) is 1. The molecule has 0 bridgehead atoms. The van der Waals surface area contributed by atoms with E-state index in [0.29, 0.717) is 6.54 Å². The van der Waals surface area contributed by atoms with Crippen molar-refractivity contribution < 1.29 is 9.90 Å². The standard InChI is InChI=1S/C8H12N2O2/c1-6(8(11)12)5-10-4-3-9-7(10)2/h3-4,6H,5H2,1-2H3,(H,11,12)/t6-/m0/s1. The number of nitrogens with zero attached hydrogens (tertiary/aromatic N) is 2. The fourth-order valence-corrected chi connectivity index (χ4v) is 0.970.